The van der Waals surface area contributed by atoms with E-state index >= 15 is 0 Å². The van der Waals surface area contributed by atoms with Crippen LogP contribution < -0.4 is 5.32 Å². The molecule has 1 amide bonds. The predicted octanol–water partition coefficient (Wildman–Crippen LogP) is 3.63. The number of ether oxygens (including phenoxy) is 2. The molecule has 1 aromatic rings. The van der Waals surface area contributed by atoms with Gasteiger partial charge in [0.15, 0.2) is 11.6 Å². The Morgan fingerprint density at radius 2 is 2.06 bits per heavy atom. The van der Waals surface area contributed by atoms with E-state index in [0.29, 0.717) is 26.3 Å². The van der Waals surface area contributed by atoms with Crippen molar-refractivity contribution in [1.29, 1.82) is 0 Å². The topological polar surface area (TPSA) is 50.8 Å². The van der Waals surface area contributed by atoms with Crippen LogP contribution in [0.5, 0.6) is 0 Å². The predicted molar refractivity (Wildman–Crippen MR) is 115 cm³/mol. The lowest BCUT2D eigenvalue weighted by atomic mass is 9.87. The number of fused-ring (bicyclic) bond motifs is 1. The third kappa shape index (κ3) is 5.33. The second-order valence-electron chi connectivity index (χ2n) is 8.75. The van der Waals surface area contributed by atoms with Crippen molar-refractivity contribution in [3.63, 3.8) is 0 Å². The number of hydrogen-bond acceptors (Lipinski definition) is 4. The second-order valence-corrected chi connectivity index (χ2v) is 8.75. The number of hydrogen-bond donors (Lipinski definition) is 1. The molecule has 2 fully saturated rings. The van der Waals surface area contributed by atoms with Gasteiger partial charge in [-0.25, -0.2) is 8.78 Å². The van der Waals surface area contributed by atoms with E-state index < -0.39 is 17.7 Å². The van der Waals surface area contributed by atoms with Gasteiger partial charge in [-0.1, -0.05) is 6.08 Å². The van der Waals surface area contributed by atoms with Crippen LogP contribution in [0.15, 0.2) is 18.2 Å². The molecule has 0 unspecified atom stereocenters. The first-order valence-electron chi connectivity index (χ1n) is 11.4. The summed E-state index contributed by atoms with van der Waals surface area (Å²) in [6, 6.07) is 2.88. The SMILES string of the molecule is COCCC[C@H]1CCC=C(CN(C(=O)[C@H]2CNCCO2)C2CC2)c2cc(F)c(F)cc21. The molecule has 31 heavy (non-hydrogen) atoms. The number of carbonyl (C=O) groups excluding carboxylic acids is 1. The van der Waals surface area contributed by atoms with Gasteiger partial charge in [-0.2, -0.15) is 0 Å². The van der Waals surface area contributed by atoms with Gasteiger partial charge in [0.2, 0.25) is 0 Å². The van der Waals surface area contributed by atoms with Gasteiger partial charge in [0.05, 0.1) is 6.61 Å². The van der Waals surface area contributed by atoms with Crippen molar-refractivity contribution in [2.24, 2.45) is 0 Å². The van der Waals surface area contributed by atoms with Crippen LogP contribution >= 0.6 is 0 Å². The van der Waals surface area contributed by atoms with E-state index in [4.69, 9.17) is 9.47 Å². The van der Waals surface area contributed by atoms with Crippen LogP contribution in [-0.4, -0.2) is 62.9 Å². The summed E-state index contributed by atoms with van der Waals surface area (Å²) in [5.74, 6) is -1.52. The molecule has 1 aliphatic heterocycles. The molecule has 0 radical (unpaired) electrons. The monoisotopic (exact) mass is 434 g/mol. The molecule has 0 aromatic heterocycles. The van der Waals surface area contributed by atoms with E-state index in [9.17, 15) is 13.6 Å². The Morgan fingerprint density at radius 1 is 1.26 bits per heavy atom. The van der Waals surface area contributed by atoms with Gasteiger partial charge >= 0.3 is 0 Å². The minimum absolute atomic E-state index is 0.0133. The second kappa shape index (κ2) is 10.2. The van der Waals surface area contributed by atoms with Gasteiger partial charge in [-0.15, -0.1) is 0 Å². The molecular formula is C24H32F2N2O3. The van der Waals surface area contributed by atoms with Crippen molar-refractivity contribution in [3.05, 3.63) is 41.0 Å². The third-order valence-electron chi connectivity index (χ3n) is 6.50. The lowest BCUT2D eigenvalue weighted by molar-refractivity contribution is -0.145. The Bertz CT molecular complexity index is 819. The largest absolute Gasteiger partial charge is 0.385 e. The number of allylic oxidation sites excluding steroid dienone is 1. The highest BCUT2D eigenvalue weighted by Gasteiger charge is 2.38. The van der Waals surface area contributed by atoms with Crippen LogP contribution in [0, 0.1) is 11.6 Å². The molecule has 1 aromatic carbocycles. The average molecular weight is 435 g/mol. The minimum atomic E-state index is -0.841. The fourth-order valence-corrected chi connectivity index (χ4v) is 4.69. The number of carbonyl (C=O) groups is 1. The van der Waals surface area contributed by atoms with Gasteiger partial charge in [-0.3, -0.25) is 4.79 Å². The van der Waals surface area contributed by atoms with E-state index in [1.54, 1.807) is 7.11 Å². The van der Waals surface area contributed by atoms with Crippen LogP contribution in [0.1, 0.15) is 55.6 Å². The number of methoxy groups -OCH3 is 1. The van der Waals surface area contributed by atoms with Gasteiger partial charge in [0.1, 0.15) is 6.10 Å². The van der Waals surface area contributed by atoms with E-state index in [1.165, 1.54) is 12.1 Å². The number of halogens is 2. The molecular weight excluding hydrogens is 402 g/mol. The average Bonchev–Trinajstić information content (AvgIpc) is 3.63. The molecule has 1 saturated heterocycles. The number of benzene rings is 1. The van der Waals surface area contributed by atoms with Gasteiger partial charge in [-0.05, 0) is 73.3 Å². The Labute approximate surface area is 182 Å². The van der Waals surface area contributed by atoms with Gasteiger partial charge < -0.3 is 19.7 Å². The Kier molecular flexibility index (Phi) is 7.35. The zero-order valence-corrected chi connectivity index (χ0v) is 18.2. The molecule has 1 heterocycles. The summed E-state index contributed by atoms with van der Waals surface area (Å²) in [5.41, 5.74) is 2.49. The Hall–Kier alpha value is -1.83. The fraction of sp³-hybridized carbons (Fsp3) is 0.625. The summed E-state index contributed by atoms with van der Waals surface area (Å²) in [6.07, 6.45) is 7.00. The Morgan fingerprint density at radius 3 is 2.77 bits per heavy atom. The molecule has 5 nitrogen and oxygen atoms in total. The van der Waals surface area contributed by atoms with Crippen LogP contribution in [0.2, 0.25) is 0 Å². The van der Waals surface area contributed by atoms with Crippen LogP contribution in [0.25, 0.3) is 5.57 Å². The molecule has 2 atom stereocenters. The number of nitrogens with zero attached hydrogens (tertiary/aromatic N) is 1. The molecule has 0 spiro atoms. The molecule has 4 rings (SSSR count). The molecule has 2 aliphatic carbocycles. The highest BCUT2D eigenvalue weighted by Crippen LogP contribution is 2.39. The van der Waals surface area contributed by atoms with Crippen LogP contribution in [0.4, 0.5) is 8.78 Å². The smallest absolute Gasteiger partial charge is 0.253 e. The maximum absolute atomic E-state index is 14.3. The standard InChI is InChI=1S/C24H32F2N2O3/c1-30-10-3-6-16-4-2-5-17(20-13-22(26)21(25)12-19(16)20)15-28(18-7-8-18)24(29)23-14-27-9-11-31-23/h5,12-13,16,18,23,27H,2-4,6-11,14-15H2,1H3/t16-,23-/m1/s1. The summed E-state index contributed by atoms with van der Waals surface area (Å²) >= 11 is 0. The summed E-state index contributed by atoms with van der Waals surface area (Å²) in [6.45, 7) is 2.84. The zero-order valence-electron chi connectivity index (χ0n) is 18.2. The molecule has 1 N–H and O–H groups in total. The lowest BCUT2D eigenvalue weighted by Crippen LogP contribution is -2.50. The summed E-state index contributed by atoms with van der Waals surface area (Å²) in [7, 11) is 1.67. The van der Waals surface area contributed by atoms with Crippen molar-refractivity contribution in [2.75, 3.05) is 40.0 Å². The maximum Gasteiger partial charge on any atom is 0.253 e. The van der Waals surface area contributed by atoms with Gasteiger partial charge in [0, 0.05) is 39.4 Å². The Balaban J connectivity index is 1.59. The third-order valence-corrected chi connectivity index (χ3v) is 6.50. The number of rotatable bonds is 8. The molecule has 0 bridgehead atoms. The van der Waals surface area contributed by atoms with Crippen molar-refractivity contribution in [3.8, 4) is 0 Å². The van der Waals surface area contributed by atoms with E-state index in [2.05, 4.69) is 11.4 Å². The molecule has 170 valence electrons. The first-order chi connectivity index (χ1) is 15.1. The first kappa shape index (κ1) is 22.4. The number of nitrogens with one attached hydrogen (secondary N) is 1. The number of morpholine rings is 1. The van der Waals surface area contributed by atoms with Crippen molar-refractivity contribution in [1.82, 2.24) is 10.2 Å². The van der Waals surface area contributed by atoms with Crippen molar-refractivity contribution in [2.45, 2.75) is 56.6 Å². The fourth-order valence-electron chi connectivity index (χ4n) is 4.69. The molecule has 7 heteroatoms. The van der Waals surface area contributed by atoms with Crippen LogP contribution in [-0.2, 0) is 14.3 Å². The summed E-state index contributed by atoms with van der Waals surface area (Å²) < 4.78 is 39.3. The lowest BCUT2D eigenvalue weighted by Gasteiger charge is -2.31. The summed E-state index contributed by atoms with van der Waals surface area (Å²) in [4.78, 5) is 15.1. The van der Waals surface area contributed by atoms with Crippen molar-refractivity contribution >= 4 is 11.5 Å². The van der Waals surface area contributed by atoms with Gasteiger partial charge in [0.25, 0.3) is 5.91 Å². The first-order valence-corrected chi connectivity index (χ1v) is 11.4. The van der Waals surface area contributed by atoms with Crippen LogP contribution in [0.3, 0.4) is 0 Å². The van der Waals surface area contributed by atoms with Crippen molar-refractivity contribution < 1.29 is 23.0 Å². The highest BCUT2D eigenvalue weighted by atomic mass is 19.2. The highest BCUT2D eigenvalue weighted by molar-refractivity contribution is 5.84. The zero-order chi connectivity index (χ0) is 21.8. The van der Waals surface area contributed by atoms with E-state index in [0.717, 1.165) is 61.8 Å². The summed E-state index contributed by atoms with van der Waals surface area (Å²) in [5, 5.41) is 3.21. The molecule has 3 aliphatic rings. The molecule has 1 saturated carbocycles. The minimum Gasteiger partial charge on any atom is -0.385 e. The maximum atomic E-state index is 14.3. The normalized spacial score (nSPS) is 23.6. The van der Waals surface area contributed by atoms with E-state index in [1.807, 2.05) is 4.90 Å². The van der Waals surface area contributed by atoms with E-state index in [-0.39, 0.29) is 17.9 Å². The number of amides is 1. The quantitative estimate of drug-likeness (QED) is 0.635.